The molecule has 0 heterocycles. The molecule has 0 rings (SSSR count). The van der Waals surface area contributed by atoms with Crippen LogP contribution in [-0.4, -0.2) is 42.7 Å². The summed E-state index contributed by atoms with van der Waals surface area (Å²) in [6.07, 6.45) is 1.85. The van der Waals surface area contributed by atoms with Gasteiger partial charge in [0.25, 0.3) is 0 Å². The Morgan fingerprint density at radius 1 is 1.50 bits per heavy atom. The van der Waals surface area contributed by atoms with Crippen LogP contribution in [-0.2, 0) is 9.53 Å². The van der Waals surface area contributed by atoms with Crippen LogP contribution in [0.4, 0.5) is 0 Å². The first-order valence-corrected chi connectivity index (χ1v) is 15.3. The molecule has 0 aromatic heterocycles. The normalized spacial score (nSPS) is 13.8. The molecule has 0 aromatic carbocycles. The third kappa shape index (κ3) is 6.19. The molecule has 0 aliphatic rings. The molecule has 90 valence electrons. The first kappa shape index (κ1) is 15.5. The van der Waals surface area contributed by atoms with E-state index in [1.165, 1.54) is 10.7 Å². The first-order valence-electron chi connectivity index (χ1n) is 5.30. The summed E-state index contributed by atoms with van der Waals surface area (Å²) < 4.78 is 5.69. The summed E-state index contributed by atoms with van der Waals surface area (Å²) in [6, 6.07) is 0. The van der Waals surface area contributed by atoms with Crippen LogP contribution >= 0.6 is 0 Å². The first-order chi connectivity index (χ1) is 7.31. The molecule has 0 aliphatic carbocycles. The molecule has 0 saturated carbocycles. The molecule has 0 aliphatic heterocycles. The van der Waals surface area contributed by atoms with Gasteiger partial charge in [-0.3, -0.25) is 0 Å². The second-order valence-electron chi connectivity index (χ2n) is 4.50. The molecule has 0 aromatic rings. The number of hydrogen-bond acceptors (Lipinski definition) is 3. The molecular weight excluding hydrogens is 311 g/mol. The van der Waals surface area contributed by atoms with Crippen LogP contribution in [0.25, 0.3) is 0 Å². The number of rotatable bonds is 3. The maximum absolute atomic E-state index is 10.8. The molecule has 0 spiro atoms. The zero-order chi connectivity index (χ0) is 12.8. The van der Waals surface area contributed by atoms with Gasteiger partial charge in [0.15, 0.2) is 0 Å². The third-order valence-corrected chi connectivity index (χ3v) is 9.19. The van der Waals surface area contributed by atoms with Gasteiger partial charge in [-0.1, -0.05) is 0 Å². The van der Waals surface area contributed by atoms with E-state index in [0.717, 1.165) is 6.42 Å². The van der Waals surface area contributed by atoms with Crippen molar-refractivity contribution in [3.8, 4) is 11.8 Å². The topological polar surface area (TPSA) is 46.5 Å². The van der Waals surface area contributed by atoms with Crippen LogP contribution in [0.15, 0.2) is 9.67 Å². The van der Waals surface area contributed by atoms with Crippen molar-refractivity contribution >= 4 is 24.3 Å². The van der Waals surface area contributed by atoms with Gasteiger partial charge in [-0.15, -0.1) is 0 Å². The van der Waals surface area contributed by atoms with Crippen LogP contribution in [0.3, 0.4) is 0 Å². The van der Waals surface area contributed by atoms with Crippen molar-refractivity contribution < 1.29 is 14.6 Å². The Kier molecular flexibility index (Phi) is 6.77. The van der Waals surface area contributed by atoms with Crippen molar-refractivity contribution in [1.82, 2.24) is 0 Å². The fourth-order valence-corrected chi connectivity index (χ4v) is 6.22. The van der Waals surface area contributed by atoms with Crippen molar-refractivity contribution in [3.05, 3.63) is 9.67 Å². The van der Waals surface area contributed by atoms with E-state index in [-0.39, 0.29) is 0 Å². The van der Waals surface area contributed by atoms with Crippen LogP contribution in [0.5, 0.6) is 0 Å². The molecular formula is C12H20O3Sn. The Hall–Kier alpha value is -0.471. The second-order valence-corrected chi connectivity index (χ2v) is 19.2. The van der Waals surface area contributed by atoms with Gasteiger partial charge < -0.3 is 0 Å². The molecule has 1 N–H and O–H groups in total. The molecule has 3 nitrogen and oxygen atoms in total. The standard InChI is InChI=1S/C9H11O3.3CH3.Sn/c1-3-4-5-8(10)6-7-9(11)12-2;;;;/h5,8,10H,3H2,1-2H3;3*1H3;. The van der Waals surface area contributed by atoms with Crippen LogP contribution in [0.2, 0.25) is 14.8 Å². The van der Waals surface area contributed by atoms with E-state index >= 15 is 0 Å². The van der Waals surface area contributed by atoms with Gasteiger partial charge in [-0.2, -0.15) is 0 Å². The maximum atomic E-state index is 10.8. The summed E-state index contributed by atoms with van der Waals surface area (Å²) in [5.74, 6) is 4.07. The Bertz CT molecular complexity index is 328. The van der Waals surface area contributed by atoms with Crippen LogP contribution in [0, 0.1) is 11.8 Å². The van der Waals surface area contributed by atoms with E-state index in [9.17, 15) is 9.90 Å². The number of allylic oxidation sites excluding steroid dienone is 1. The van der Waals surface area contributed by atoms with Gasteiger partial charge in [-0.05, 0) is 0 Å². The molecule has 0 bridgehead atoms. The van der Waals surface area contributed by atoms with Gasteiger partial charge in [0.05, 0.1) is 0 Å². The van der Waals surface area contributed by atoms with E-state index in [1.54, 1.807) is 6.08 Å². The van der Waals surface area contributed by atoms with E-state index < -0.39 is 30.5 Å². The molecule has 1 atom stereocenters. The Labute approximate surface area is 102 Å². The molecule has 0 fully saturated rings. The monoisotopic (exact) mass is 332 g/mol. The summed E-state index contributed by atoms with van der Waals surface area (Å²) in [5.41, 5.74) is 0. The zero-order valence-electron chi connectivity index (χ0n) is 10.6. The predicted octanol–water partition coefficient (Wildman–Crippen LogP) is 1.74. The van der Waals surface area contributed by atoms with Gasteiger partial charge >= 0.3 is 102 Å². The second kappa shape index (κ2) is 6.97. The van der Waals surface area contributed by atoms with Gasteiger partial charge in [0.2, 0.25) is 0 Å². The number of hydrogen-bond donors (Lipinski definition) is 1. The molecule has 4 heteroatoms. The van der Waals surface area contributed by atoms with E-state index in [0.29, 0.717) is 0 Å². The Morgan fingerprint density at radius 2 is 2.06 bits per heavy atom. The number of esters is 1. The zero-order valence-corrected chi connectivity index (χ0v) is 13.5. The fourth-order valence-electron chi connectivity index (χ4n) is 1.31. The van der Waals surface area contributed by atoms with E-state index in [4.69, 9.17) is 0 Å². The van der Waals surface area contributed by atoms with Crippen molar-refractivity contribution in [3.63, 3.8) is 0 Å². The van der Waals surface area contributed by atoms with Crippen molar-refractivity contribution in [2.24, 2.45) is 0 Å². The predicted molar refractivity (Wildman–Crippen MR) is 67.5 cm³/mol. The Balaban J connectivity index is 4.72. The third-order valence-electron chi connectivity index (χ3n) is 2.21. The van der Waals surface area contributed by atoms with Crippen molar-refractivity contribution in [1.29, 1.82) is 0 Å². The molecule has 0 saturated heterocycles. The number of ether oxygens (including phenoxy) is 1. The molecule has 0 amide bonds. The van der Waals surface area contributed by atoms with Gasteiger partial charge in [0.1, 0.15) is 0 Å². The molecule has 0 radical (unpaired) electrons. The number of aliphatic hydroxyl groups excluding tert-OH is 1. The molecule has 1 unspecified atom stereocenters. The summed E-state index contributed by atoms with van der Waals surface area (Å²) in [7, 11) is 1.27. The SMILES string of the molecule is CC/[C](=C/C(O)C#CC(=O)OC)[Sn]([CH3])([CH3])[CH3]. The van der Waals surface area contributed by atoms with Crippen molar-refractivity contribution in [2.45, 2.75) is 34.3 Å². The minimum absolute atomic E-state index is 0.621. The molecule has 16 heavy (non-hydrogen) atoms. The summed E-state index contributed by atoms with van der Waals surface area (Å²) in [5, 5.41) is 9.63. The quantitative estimate of drug-likeness (QED) is 0.371. The number of methoxy groups -OCH3 is 1. The summed E-state index contributed by atoms with van der Waals surface area (Å²) in [4.78, 5) is 17.6. The van der Waals surface area contributed by atoms with E-state index in [1.807, 2.05) is 0 Å². The van der Waals surface area contributed by atoms with Crippen molar-refractivity contribution in [2.75, 3.05) is 7.11 Å². The number of carbonyl (C=O) groups is 1. The van der Waals surface area contributed by atoms with Crippen LogP contribution in [0.1, 0.15) is 13.3 Å². The van der Waals surface area contributed by atoms with Crippen LogP contribution < -0.4 is 0 Å². The Morgan fingerprint density at radius 3 is 2.44 bits per heavy atom. The average Bonchev–Trinajstić information content (AvgIpc) is 2.20. The number of aliphatic hydroxyl groups is 1. The van der Waals surface area contributed by atoms with Gasteiger partial charge in [0, 0.05) is 0 Å². The fraction of sp³-hybridized carbons (Fsp3) is 0.583. The average molecular weight is 331 g/mol. The summed E-state index contributed by atoms with van der Waals surface area (Å²) >= 11 is -2.11. The summed E-state index contributed by atoms with van der Waals surface area (Å²) in [6.45, 7) is 2.08. The van der Waals surface area contributed by atoms with Gasteiger partial charge in [-0.25, -0.2) is 0 Å². The van der Waals surface area contributed by atoms with E-state index in [2.05, 4.69) is 38.3 Å². The minimum atomic E-state index is -2.11. The number of carbonyl (C=O) groups excluding carboxylic acids is 1.